The monoisotopic (exact) mass is 409 g/mol. The van der Waals surface area contributed by atoms with Crippen LogP contribution in [0.2, 0.25) is 0 Å². The Morgan fingerprint density at radius 1 is 1.13 bits per heavy atom. The summed E-state index contributed by atoms with van der Waals surface area (Å²) in [5.41, 5.74) is 3.38. The van der Waals surface area contributed by atoms with Crippen molar-refractivity contribution in [2.75, 3.05) is 26.2 Å². The fraction of sp³-hybridized carbons (Fsp3) is 0.435. The highest BCUT2D eigenvalue weighted by atomic mass is 16.5. The van der Waals surface area contributed by atoms with Crippen molar-refractivity contribution < 1.29 is 9.53 Å². The maximum absolute atomic E-state index is 12.2. The molecule has 3 rings (SSSR count). The number of amides is 1. The summed E-state index contributed by atoms with van der Waals surface area (Å²) in [4.78, 5) is 23.0. The molecule has 2 aromatic rings. The zero-order valence-electron chi connectivity index (χ0n) is 18.1. The van der Waals surface area contributed by atoms with Gasteiger partial charge in [-0.25, -0.2) is 9.98 Å². The maximum Gasteiger partial charge on any atom is 0.241 e. The number of carbonyl (C=O) groups excluding carboxylic acids is 1. The standard InChI is InChI=1S/C23H31N5O2/c1-4-24-23(27-16-22(29)28-11-5-6-12-28)26-15-19-9-10-25-21(14-19)30-20-8-7-17(2)18(3)13-20/h7-10,13-14H,4-6,11-12,15-16H2,1-3H3,(H2,24,26,27). The normalized spacial score (nSPS) is 14.0. The van der Waals surface area contributed by atoms with Gasteiger partial charge >= 0.3 is 0 Å². The number of aromatic nitrogens is 1. The number of pyridine rings is 1. The summed E-state index contributed by atoms with van der Waals surface area (Å²) in [6, 6.07) is 9.79. The molecule has 0 aliphatic carbocycles. The number of ether oxygens (including phenoxy) is 1. The average molecular weight is 410 g/mol. The van der Waals surface area contributed by atoms with E-state index in [1.165, 1.54) is 11.1 Å². The number of aliphatic imine (C=N–C) groups is 1. The molecule has 160 valence electrons. The van der Waals surface area contributed by atoms with Crippen LogP contribution in [0.4, 0.5) is 0 Å². The highest BCUT2D eigenvalue weighted by Crippen LogP contribution is 2.22. The molecule has 1 amide bonds. The highest BCUT2D eigenvalue weighted by Gasteiger charge is 2.17. The van der Waals surface area contributed by atoms with Crippen LogP contribution in [-0.2, 0) is 11.3 Å². The number of guanidine groups is 1. The van der Waals surface area contributed by atoms with Gasteiger partial charge in [0.2, 0.25) is 11.8 Å². The Morgan fingerprint density at radius 2 is 1.93 bits per heavy atom. The van der Waals surface area contributed by atoms with Crippen molar-refractivity contribution in [2.45, 2.75) is 40.2 Å². The van der Waals surface area contributed by atoms with Crippen molar-refractivity contribution in [3.8, 4) is 11.6 Å². The second-order valence-electron chi connectivity index (χ2n) is 7.49. The molecule has 0 bridgehead atoms. The average Bonchev–Trinajstić information content (AvgIpc) is 3.28. The molecule has 1 aromatic carbocycles. The first-order chi connectivity index (χ1) is 14.5. The first-order valence-corrected chi connectivity index (χ1v) is 10.5. The first-order valence-electron chi connectivity index (χ1n) is 10.5. The third-order valence-electron chi connectivity index (χ3n) is 5.13. The molecule has 0 atom stereocenters. The van der Waals surface area contributed by atoms with Crippen molar-refractivity contribution in [2.24, 2.45) is 4.99 Å². The van der Waals surface area contributed by atoms with Gasteiger partial charge in [0, 0.05) is 31.9 Å². The predicted molar refractivity (Wildman–Crippen MR) is 119 cm³/mol. The van der Waals surface area contributed by atoms with Crippen molar-refractivity contribution in [1.82, 2.24) is 20.5 Å². The number of hydrogen-bond acceptors (Lipinski definition) is 4. The highest BCUT2D eigenvalue weighted by molar-refractivity contribution is 5.86. The van der Waals surface area contributed by atoms with Crippen molar-refractivity contribution in [3.63, 3.8) is 0 Å². The number of nitrogens with zero attached hydrogens (tertiary/aromatic N) is 3. The number of nitrogens with one attached hydrogen (secondary N) is 2. The predicted octanol–water partition coefficient (Wildman–Crippen LogP) is 3.17. The zero-order chi connectivity index (χ0) is 21.3. The topological polar surface area (TPSA) is 78.9 Å². The van der Waals surface area contributed by atoms with Crippen LogP contribution in [0, 0.1) is 13.8 Å². The molecular weight excluding hydrogens is 378 g/mol. The van der Waals surface area contributed by atoms with Crippen LogP contribution in [0.25, 0.3) is 0 Å². The molecule has 7 nitrogen and oxygen atoms in total. The van der Waals surface area contributed by atoms with Gasteiger partial charge in [0.15, 0.2) is 5.96 Å². The molecule has 2 N–H and O–H groups in total. The van der Waals surface area contributed by atoms with Gasteiger partial charge in [-0.05, 0) is 68.5 Å². The maximum atomic E-state index is 12.2. The summed E-state index contributed by atoms with van der Waals surface area (Å²) >= 11 is 0. The molecule has 1 saturated heterocycles. The fourth-order valence-electron chi connectivity index (χ4n) is 3.25. The van der Waals surface area contributed by atoms with E-state index in [-0.39, 0.29) is 12.5 Å². The number of aryl methyl sites for hydroxylation is 2. The number of carbonyl (C=O) groups is 1. The molecule has 30 heavy (non-hydrogen) atoms. The summed E-state index contributed by atoms with van der Waals surface area (Å²) in [6.45, 7) is 9.28. The van der Waals surface area contributed by atoms with Crippen LogP contribution < -0.4 is 15.4 Å². The number of benzene rings is 1. The summed E-state index contributed by atoms with van der Waals surface area (Å²) in [5.74, 6) is 2.04. The summed E-state index contributed by atoms with van der Waals surface area (Å²) in [5, 5.41) is 6.32. The lowest BCUT2D eigenvalue weighted by Gasteiger charge is -2.17. The number of rotatable bonds is 7. The van der Waals surface area contributed by atoms with E-state index in [9.17, 15) is 4.79 Å². The summed E-state index contributed by atoms with van der Waals surface area (Å²) in [6.07, 6.45) is 3.90. The third-order valence-corrected chi connectivity index (χ3v) is 5.13. The molecule has 1 aromatic heterocycles. The Labute approximate surface area is 178 Å². The Balaban J connectivity index is 1.60. The van der Waals surface area contributed by atoms with E-state index in [0.717, 1.165) is 43.8 Å². The van der Waals surface area contributed by atoms with Gasteiger partial charge in [0.1, 0.15) is 5.75 Å². The molecular formula is C23H31N5O2. The second-order valence-corrected chi connectivity index (χ2v) is 7.49. The quantitative estimate of drug-likeness (QED) is 0.542. The Bertz CT molecular complexity index is 891. The van der Waals surface area contributed by atoms with Crippen LogP contribution >= 0.6 is 0 Å². The summed E-state index contributed by atoms with van der Waals surface area (Å²) < 4.78 is 5.90. The smallest absolute Gasteiger partial charge is 0.241 e. The molecule has 1 aliphatic rings. The Hall–Kier alpha value is -3.09. The van der Waals surface area contributed by atoms with Crippen LogP contribution in [0.5, 0.6) is 11.6 Å². The van der Waals surface area contributed by atoms with E-state index >= 15 is 0 Å². The van der Waals surface area contributed by atoms with Crippen molar-refractivity contribution >= 4 is 11.9 Å². The van der Waals surface area contributed by atoms with Crippen LogP contribution in [0.3, 0.4) is 0 Å². The lowest BCUT2D eigenvalue weighted by atomic mass is 10.1. The van der Waals surface area contributed by atoms with E-state index < -0.39 is 0 Å². The molecule has 0 spiro atoms. The van der Waals surface area contributed by atoms with Crippen molar-refractivity contribution in [3.05, 3.63) is 53.2 Å². The Kier molecular flexibility index (Phi) is 7.65. The fourth-order valence-corrected chi connectivity index (χ4v) is 3.25. The number of hydrogen-bond donors (Lipinski definition) is 2. The molecule has 0 unspecified atom stereocenters. The molecule has 0 saturated carbocycles. The molecule has 7 heteroatoms. The van der Waals surface area contributed by atoms with Gasteiger partial charge < -0.3 is 20.3 Å². The number of likely N-dealkylation sites (tertiary alicyclic amines) is 1. The van der Waals surface area contributed by atoms with E-state index in [1.54, 1.807) is 6.20 Å². The largest absolute Gasteiger partial charge is 0.439 e. The van der Waals surface area contributed by atoms with E-state index in [0.29, 0.717) is 18.4 Å². The third kappa shape index (κ3) is 6.20. The van der Waals surface area contributed by atoms with Gasteiger partial charge in [-0.3, -0.25) is 4.79 Å². The first kappa shape index (κ1) is 21.6. The minimum Gasteiger partial charge on any atom is -0.439 e. The van der Waals surface area contributed by atoms with Gasteiger partial charge in [-0.15, -0.1) is 0 Å². The van der Waals surface area contributed by atoms with Crippen LogP contribution in [-0.4, -0.2) is 47.9 Å². The van der Waals surface area contributed by atoms with E-state index in [4.69, 9.17) is 4.74 Å². The minimum absolute atomic E-state index is 0.117. The minimum atomic E-state index is 0.117. The van der Waals surface area contributed by atoms with Gasteiger partial charge in [-0.1, -0.05) is 6.07 Å². The van der Waals surface area contributed by atoms with Gasteiger partial charge in [-0.2, -0.15) is 0 Å². The van der Waals surface area contributed by atoms with E-state index in [2.05, 4.69) is 34.5 Å². The van der Waals surface area contributed by atoms with Gasteiger partial charge in [0.05, 0.1) is 13.1 Å². The van der Waals surface area contributed by atoms with Crippen LogP contribution in [0.15, 0.2) is 41.5 Å². The lowest BCUT2D eigenvalue weighted by Crippen LogP contribution is -2.44. The molecule has 1 aliphatic heterocycles. The summed E-state index contributed by atoms with van der Waals surface area (Å²) in [7, 11) is 0. The Morgan fingerprint density at radius 3 is 2.67 bits per heavy atom. The van der Waals surface area contributed by atoms with E-state index in [1.807, 2.05) is 42.2 Å². The SMILES string of the molecule is CCNC(=NCc1ccnc(Oc2ccc(C)c(C)c2)c1)NCC(=O)N1CCCC1. The zero-order valence-corrected chi connectivity index (χ0v) is 18.1. The molecule has 2 heterocycles. The van der Waals surface area contributed by atoms with Crippen LogP contribution in [0.1, 0.15) is 36.5 Å². The lowest BCUT2D eigenvalue weighted by molar-refractivity contribution is -0.128. The second kappa shape index (κ2) is 10.6. The molecule has 1 fully saturated rings. The molecule has 0 radical (unpaired) electrons. The van der Waals surface area contributed by atoms with Gasteiger partial charge in [0.25, 0.3) is 0 Å². The van der Waals surface area contributed by atoms with Crippen molar-refractivity contribution in [1.29, 1.82) is 0 Å².